The van der Waals surface area contributed by atoms with Crippen LogP contribution in [-0.2, 0) is 0 Å². The standard InChI is InChI=1S/C14H22N4/c1-17(2,3)13-9-7-12-11(15-13)8-10-14(16-12)18(4,5)6/h7-10H,1-6H3/q+2. The fourth-order valence-corrected chi connectivity index (χ4v) is 1.74. The Bertz CT molecular complexity index is 523. The fourth-order valence-electron chi connectivity index (χ4n) is 1.74. The molecule has 96 valence electrons. The summed E-state index contributed by atoms with van der Waals surface area (Å²) in [5.41, 5.74) is 1.91. The maximum atomic E-state index is 4.67. The van der Waals surface area contributed by atoms with Gasteiger partial charge in [-0.25, -0.2) is 0 Å². The Morgan fingerprint density at radius 1 is 0.611 bits per heavy atom. The van der Waals surface area contributed by atoms with Gasteiger partial charge in [0.1, 0.15) is 0 Å². The molecule has 18 heavy (non-hydrogen) atoms. The molecule has 0 fully saturated rings. The van der Waals surface area contributed by atoms with Crippen molar-refractivity contribution >= 4 is 22.7 Å². The van der Waals surface area contributed by atoms with Gasteiger partial charge < -0.3 is 0 Å². The predicted octanol–water partition coefficient (Wildman–Crippen LogP) is 2.02. The highest BCUT2D eigenvalue weighted by molar-refractivity contribution is 5.77. The molecule has 0 radical (unpaired) electrons. The van der Waals surface area contributed by atoms with Gasteiger partial charge in [0.25, 0.3) is 0 Å². The van der Waals surface area contributed by atoms with Crippen LogP contribution in [0.15, 0.2) is 24.3 Å². The van der Waals surface area contributed by atoms with Crippen molar-refractivity contribution in [2.75, 3.05) is 42.3 Å². The summed E-state index contributed by atoms with van der Waals surface area (Å²) >= 11 is 0. The van der Waals surface area contributed by atoms with Gasteiger partial charge in [-0.05, 0) is 12.1 Å². The lowest BCUT2D eigenvalue weighted by atomic mass is 10.3. The molecule has 0 spiro atoms. The molecule has 0 saturated heterocycles. The van der Waals surface area contributed by atoms with Crippen LogP contribution >= 0.6 is 0 Å². The summed E-state index contributed by atoms with van der Waals surface area (Å²) in [4.78, 5) is 9.34. The van der Waals surface area contributed by atoms with Crippen molar-refractivity contribution in [3.05, 3.63) is 24.3 Å². The number of pyridine rings is 2. The summed E-state index contributed by atoms with van der Waals surface area (Å²) in [5, 5.41) is 0. The first-order valence-electron chi connectivity index (χ1n) is 6.10. The Kier molecular flexibility index (Phi) is 2.87. The zero-order valence-corrected chi connectivity index (χ0v) is 12.1. The van der Waals surface area contributed by atoms with E-state index in [9.17, 15) is 0 Å². The number of nitrogens with zero attached hydrogens (tertiary/aromatic N) is 4. The summed E-state index contributed by atoms with van der Waals surface area (Å²) in [7, 11) is 12.7. The molecule has 2 aromatic heterocycles. The Morgan fingerprint density at radius 2 is 0.944 bits per heavy atom. The molecule has 0 aliphatic carbocycles. The summed E-state index contributed by atoms with van der Waals surface area (Å²) in [6.45, 7) is 0. The summed E-state index contributed by atoms with van der Waals surface area (Å²) in [6.07, 6.45) is 0. The van der Waals surface area contributed by atoms with Crippen LogP contribution in [0.1, 0.15) is 0 Å². The predicted molar refractivity (Wildman–Crippen MR) is 78.7 cm³/mol. The van der Waals surface area contributed by atoms with E-state index in [4.69, 9.17) is 0 Å². The van der Waals surface area contributed by atoms with Gasteiger partial charge in [0.05, 0.1) is 53.3 Å². The molecule has 4 nitrogen and oxygen atoms in total. The van der Waals surface area contributed by atoms with E-state index in [1.807, 2.05) is 0 Å². The van der Waals surface area contributed by atoms with E-state index in [1.54, 1.807) is 0 Å². The lowest BCUT2D eigenvalue weighted by molar-refractivity contribution is 0.472. The Morgan fingerprint density at radius 3 is 1.22 bits per heavy atom. The zero-order chi connectivity index (χ0) is 13.6. The molecular weight excluding hydrogens is 224 g/mol. The third-order valence-electron chi connectivity index (χ3n) is 2.89. The third-order valence-corrected chi connectivity index (χ3v) is 2.89. The largest absolute Gasteiger partial charge is 0.282 e. The molecule has 2 rings (SSSR count). The summed E-state index contributed by atoms with van der Waals surface area (Å²) in [5.74, 6) is 2.09. The lowest BCUT2D eigenvalue weighted by Gasteiger charge is -2.23. The van der Waals surface area contributed by atoms with Gasteiger partial charge in [0.15, 0.2) is 0 Å². The van der Waals surface area contributed by atoms with Crippen LogP contribution in [0.2, 0.25) is 0 Å². The summed E-state index contributed by atoms with van der Waals surface area (Å²) < 4.78 is 1.43. The maximum Gasteiger partial charge on any atom is 0.227 e. The fraction of sp³-hybridized carbons (Fsp3) is 0.429. The molecule has 0 aromatic carbocycles. The molecule has 4 heteroatoms. The highest BCUT2D eigenvalue weighted by Crippen LogP contribution is 2.22. The second-order valence-corrected chi connectivity index (χ2v) is 6.40. The molecule has 0 saturated carbocycles. The van der Waals surface area contributed by atoms with Gasteiger partial charge in [0, 0.05) is 12.1 Å². The van der Waals surface area contributed by atoms with E-state index in [2.05, 4.69) is 76.5 Å². The molecule has 0 bridgehead atoms. The van der Waals surface area contributed by atoms with Gasteiger partial charge in [0.2, 0.25) is 11.6 Å². The smallest absolute Gasteiger partial charge is 0.227 e. The van der Waals surface area contributed by atoms with Crippen molar-refractivity contribution < 1.29 is 0 Å². The molecule has 0 aliphatic heterocycles. The number of quaternary nitrogens is 2. The highest BCUT2D eigenvalue weighted by Gasteiger charge is 2.17. The van der Waals surface area contributed by atoms with Crippen molar-refractivity contribution in [2.24, 2.45) is 0 Å². The van der Waals surface area contributed by atoms with Crippen LogP contribution in [-0.4, -0.2) is 52.3 Å². The van der Waals surface area contributed by atoms with E-state index in [1.165, 1.54) is 0 Å². The van der Waals surface area contributed by atoms with E-state index in [0.29, 0.717) is 8.97 Å². The monoisotopic (exact) mass is 246 g/mol. The van der Waals surface area contributed by atoms with Crippen molar-refractivity contribution in [3.63, 3.8) is 0 Å². The van der Waals surface area contributed by atoms with Crippen LogP contribution in [0.3, 0.4) is 0 Å². The van der Waals surface area contributed by atoms with Crippen LogP contribution in [0.5, 0.6) is 0 Å². The molecule has 2 heterocycles. The minimum Gasteiger partial charge on any atom is -0.282 e. The average molecular weight is 246 g/mol. The number of rotatable bonds is 2. The van der Waals surface area contributed by atoms with E-state index < -0.39 is 0 Å². The topological polar surface area (TPSA) is 25.8 Å². The Labute approximate surface area is 109 Å². The Hall–Kier alpha value is -1.52. The molecule has 0 amide bonds. The van der Waals surface area contributed by atoms with Crippen LogP contribution in [0.25, 0.3) is 11.0 Å². The van der Waals surface area contributed by atoms with Crippen molar-refractivity contribution in [1.82, 2.24) is 18.9 Å². The molecule has 0 atom stereocenters. The highest BCUT2D eigenvalue weighted by atomic mass is 15.3. The molecular formula is C14H22N4+2. The first-order valence-corrected chi connectivity index (χ1v) is 6.10. The average Bonchev–Trinajstić information content (AvgIpc) is 2.25. The van der Waals surface area contributed by atoms with E-state index in [-0.39, 0.29) is 0 Å². The van der Waals surface area contributed by atoms with Gasteiger partial charge in [-0.2, -0.15) is 9.97 Å². The zero-order valence-electron chi connectivity index (χ0n) is 12.1. The van der Waals surface area contributed by atoms with Gasteiger partial charge >= 0.3 is 0 Å². The van der Waals surface area contributed by atoms with Gasteiger partial charge in [-0.1, -0.05) is 0 Å². The molecule has 0 aliphatic rings. The molecule has 2 aromatic rings. The number of aromatic nitrogens is 2. The molecule has 0 unspecified atom stereocenters. The minimum absolute atomic E-state index is 0.715. The second kappa shape index (κ2) is 4.00. The van der Waals surface area contributed by atoms with E-state index >= 15 is 0 Å². The minimum atomic E-state index is 0.715. The second-order valence-electron chi connectivity index (χ2n) is 6.40. The van der Waals surface area contributed by atoms with Crippen LogP contribution in [0, 0.1) is 0 Å². The van der Waals surface area contributed by atoms with Crippen LogP contribution < -0.4 is 8.97 Å². The third kappa shape index (κ3) is 2.49. The first kappa shape index (κ1) is 12.9. The van der Waals surface area contributed by atoms with Gasteiger partial charge in [-0.3, -0.25) is 8.97 Å². The molecule has 0 N–H and O–H groups in total. The quantitative estimate of drug-likeness (QED) is 0.758. The first-order chi connectivity index (χ1) is 8.18. The van der Waals surface area contributed by atoms with Crippen molar-refractivity contribution in [3.8, 4) is 0 Å². The van der Waals surface area contributed by atoms with Crippen LogP contribution in [0.4, 0.5) is 11.6 Å². The maximum absolute atomic E-state index is 4.67. The number of fused-ring (bicyclic) bond motifs is 1. The number of hydrogen-bond donors (Lipinski definition) is 0. The summed E-state index contributed by atoms with van der Waals surface area (Å²) in [6, 6.07) is 8.21. The van der Waals surface area contributed by atoms with Crippen molar-refractivity contribution in [2.45, 2.75) is 0 Å². The lowest BCUT2D eigenvalue weighted by Crippen LogP contribution is -2.36. The van der Waals surface area contributed by atoms with Gasteiger partial charge in [-0.15, -0.1) is 0 Å². The normalized spacial score (nSPS) is 13.0. The Balaban J connectivity index is 2.56. The van der Waals surface area contributed by atoms with Crippen molar-refractivity contribution in [1.29, 1.82) is 0 Å². The SMILES string of the molecule is C[N+](C)(C)c1ccc2nc([N+](C)(C)C)ccc2n1. The number of hydrogen-bond acceptors (Lipinski definition) is 2. The van der Waals surface area contributed by atoms with E-state index in [0.717, 1.165) is 22.7 Å².